The molecular formula is C39H45F3N6O10P2. The quantitative estimate of drug-likeness (QED) is 0.0264. The van der Waals surface area contributed by atoms with Crippen molar-refractivity contribution in [2.75, 3.05) is 19.1 Å². The maximum atomic E-state index is 14.7. The Kier molecular flexibility index (Phi) is 16.7. The van der Waals surface area contributed by atoms with Crippen LogP contribution in [0.1, 0.15) is 54.2 Å². The number of nitrogens with one attached hydrogen (secondary N) is 1. The first-order chi connectivity index (χ1) is 28.7. The molecule has 0 spiro atoms. The number of amides is 1. The van der Waals surface area contributed by atoms with Gasteiger partial charge in [-0.15, -0.1) is 0 Å². The SMILES string of the molecule is Cc1cn([C@H]2C[C@H](N=[N+]=[N-])[C@@H](COP(=O)(CP(=O)(OCc3ccccc3)OCc3ccccc3)OCc3ccccc3)O2)c(=O)n(CCCCCNC(=O)C(F)(F)F)c1=O. The minimum atomic E-state index is -5.00. The van der Waals surface area contributed by atoms with Gasteiger partial charge in [0, 0.05) is 36.2 Å². The van der Waals surface area contributed by atoms with Crippen LogP contribution in [0.25, 0.3) is 10.4 Å². The highest BCUT2D eigenvalue weighted by Gasteiger charge is 2.43. The summed E-state index contributed by atoms with van der Waals surface area (Å²) >= 11 is 0. The number of carbonyl (C=O) groups is 1. The van der Waals surface area contributed by atoms with Gasteiger partial charge in [-0.2, -0.15) is 13.2 Å². The summed E-state index contributed by atoms with van der Waals surface area (Å²) in [7, 11) is -8.69. The van der Waals surface area contributed by atoms with Gasteiger partial charge in [-0.05, 0) is 48.4 Å². The lowest BCUT2D eigenvalue weighted by Gasteiger charge is -2.26. The van der Waals surface area contributed by atoms with Crippen molar-refractivity contribution in [2.24, 2.45) is 5.11 Å². The van der Waals surface area contributed by atoms with Gasteiger partial charge in [0.2, 0.25) is 0 Å². The van der Waals surface area contributed by atoms with Crippen LogP contribution in [0.5, 0.6) is 0 Å². The van der Waals surface area contributed by atoms with Crippen LogP contribution in [0.3, 0.4) is 0 Å². The molecule has 4 atom stereocenters. The minimum absolute atomic E-state index is 0.0530. The molecule has 3 aromatic carbocycles. The lowest BCUT2D eigenvalue weighted by Crippen LogP contribution is -2.42. The van der Waals surface area contributed by atoms with E-state index in [1.54, 1.807) is 84.2 Å². The largest absolute Gasteiger partial charge is 0.471 e. The summed E-state index contributed by atoms with van der Waals surface area (Å²) in [5.41, 5.74) is 10.2. The van der Waals surface area contributed by atoms with E-state index in [-0.39, 0.29) is 57.7 Å². The average molecular weight is 877 g/mol. The number of rotatable bonds is 22. The molecule has 1 fully saturated rings. The zero-order valence-corrected chi connectivity index (χ0v) is 34.4. The Morgan fingerprint density at radius 2 is 1.37 bits per heavy atom. The van der Waals surface area contributed by atoms with Crippen molar-refractivity contribution in [1.82, 2.24) is 14.5 Å². The number of azide groups is 1. The summed E-state index contributed by atoms with van der Waals surface area (Å²) in [6.07, 6.45) is -5.24. The van der Waals surface area contributed by atoms with Crippen LogP contribution in [0, 0.1) is 6.92 Å². The number of aromatic nitrogens is 2. The first kappa shape index (κ1) is 46.2. The Morgan fingerprint density at radius 1 is 0.850 bits per heavy atom. The Bertz CT molecular complexity index is 2250. The van der Waals surface area contributed by atoms with Crippen molar-refractivity contribution in [3.8, 4) is 0 Å². The maximum Gasteiger partial charge on any atom is 0.471 e. The number of alkyl halides is 3. The third-order valence-electron chi connectivity index (χ3n) is 9.28. The van der Waals surface area contributed by atoms with E-state index in [9.17, 15) is 42.2 Å². The average Bonchev–Trinajstić information content (AvgIpc) is 3.64. The van der Waals surface area contributed by atoms with Crippen molar-refractivity contribution >= 4 is 21.1 Å². The maximum absolute atomic E-state index is 14.7. The van der Waals surface area contributed by atoms with Crippen molar-refractivity contribution < 1.29 is 49.9 Å². The van der Waals surface area contributed by atoms with Crippen LogP contribution in [-0.2, 0) is 63.1 Å². The Morgan fingerprint density at radius 3 is 1.87 bits per heavy atom. The third kappa shape index (κ3) is 13.6. The second kappa shape index (κ2) is 21.6. The highest BCUT2D eigenvalue weighted by atomic mass is 31.2. The molecule has 5 rings (SSSR count). The molecule has 2 heterocycles. The van der Waals surface area contributed by atoms with Gasteiger partial charge in [-0.1, -0.05) is 96.1 Å². The topological polar surface area (TPSA) is 202 Å². The lowest BCUT2D eigenvalue weighted by molar-refractivity contribution is -0.173. The zero-order valence-electron chi connectivity index (χ0n) is 32.6. The first-order valence-corrected chi connectivity index (χ1v) is 22.4. The van der Waals surface area contributed by atoms with E-state index in [1.165, 1.54) is 13.1 Å². The normalized spacial score (nSPS) is 17.8. The lowest BCUT2D eigenvalue weighted by atomic mass is 10.1. The molecule has 322 valence electrons. The van der Waals surface area contributed by atoms with E-state index in [2.05, 4.69) is 10.0 Å². The number of benzene rings is 3. The molecule has 1 N–H and O–H groups in total. The fourth-order valence-corrected chi connectivity index (χ4v) is 10.7. The third-order valence-corrected chi connectivity index (χ3v) is 14.2. The Hall–Kier alpha value is -4.83. The fourth-order valence-electron chi connectivity index (χ4n) is 6.14. The predicted molar refractivity (Wildman–Crippen MR) is 214 cm³/mol. The molecule has 1 amide bonds. The van der Waals surface area contributed by atoms with Crippen molar-refractivity contribution in [1.29, 1.82) is 0 Å². The monoisotopic (exact) mass is 876 g/mol. The van der Waals surface area contributed by atoms with Gasteiger partial charge < -0.3 is 28.1 Å². The molecular weight excluding hydrogens is 831 g/mol. The number of ether oxygens (including phenoxy) is 1. The van der Waals surface area contributed by atoms with E-state index in [0.29, 0.717) is 23.1 Å². The van der Waals surface area contributed by atoms with Crippen molar-refractivity contribution in [3.63, 3.8) is 0 Å². The van der Waals surface area contributed by atoms with E-state index in [4.69, 9.17) is 22.8 Å². The van der Waals surface area contributed by atoms with Gasteiger partial charge in [0.1, 0.15) is 6.23 Å². The summed E-state index contributed by atoms with van der Waals surface area (Å²) in [6.45, 7) is 0.161. The summed E-state index contributed by atoms with van der Waals surface area (Å²) in [4.78, 5) is 40.6. The van der Waals surface area contributed by atoms with Crippen LogP contribution in [0.2, 0.25) is 0 Å². The standard InChI is InChI=1S/C39H45F3N6O10P2/c1-29-23-48(38(51)47(36(29)49)21-13-5-12-20-44-37(50)39(40,41)42)35-22-33(45-46-43)34(58-35)27-57-60(53,56-26-32-18-10-4-11-19-32)28-59(52,54-24-30-14-6-2-7-15-30)55-25-31-16-8-3-9-17-31/h2-4,6-11,14-19,23,33-35H,5,12-13,20-22,24-28H2,1H3,(H,44,50)/t33-,34+,35+,60?/m0/s1. The number of nitrogens with zero attached hydrogens (tertiary/aromatic N) is 5. The van der Waals surface area contributed by atoms with Gasteiger partial charge >= 0.3 is 33.0 Å². The molecule has 4 aromatic rings. The van der Waals surface area contributed by atoms with Crippen LogP contribution < -0.4 is 16.6 Å². The molecule has 0 aliphatic carbocycles. The summed E-state index contributed by atoms with van der Waals surface area (Å²) < 4.78 is 98.6. The predicted octanol–water partition coefficient (Wildman–Crippen LogP) is 8.14. The van der Waals surface area contributed by atoms with Crippen LogP contribution in [0.4, 0.5) is 13.2 Å². The van der Waals surface area contributed by atoms with E-state index in [1.807, 2.05) is 12.1 Å². The summed E-state index contributed by atoms with van der Waals surface area (Å²) in [5, 5.41) is 5.61. The molecule has 1 aliphatic rings. The number of aryl methyl sites for hydroxylation is 1. The molecule has 1 aliphatic heterocycles. The Labute approximate surface area is 343 Å². The highest BCUT2D eigenvalue weighted by Crippen LogP contribution is 2.65. The summed E-state index contributed by atoms with van der Waals surface area (Å²) in [5.74, 6) is -2.85. The van der Waals surface area contributed by atoms with Gasteiger partial charge in [-0.25, -0.2) is 4.79 Å². The molecule has 0 radical (unpaired) electrons. The zero-order chi connectivity index (χ0) is 43.2. The number of carbonyl (C=O) groups excluding carboxylic acids is 1. The molecule has 1 saturated heterocycles. The Balaban J connectivity index is 1.33. The van der Waals surface area contributed by atoms with Crippen molar-refractivity contribution in [2.45, 2.75) is 83.5 Å². The minimum Gasteiger partial charge on any atom is -0.352 e. The van der Waals surface area contributed by atoms with E-state index >= 15 is 0 Å². The van der Waals surface area contributed by atoms with Crippen LogP contribution in [0.15, 0.2) is 112 Å². The van der Waals surface area contributed by atoms with Crippen LogP contribution in [-0.4, -0.2) is 52.4 Å². The van der Waals surface area contributed by atoms with Crippen molar-refractivity contribution in [3.05, 3.63) is 151 Å². The smallest absolute Gasteiger partial charge is 0.352 e. The molecule has 60 heavy (non-hydrogen) atoms. The molecule has 1 unspecified atom stereocenters. The first-order valence-electron chi connectivity index (χ1n) is 18.9. The molecule has 16 nitrogen and oxygen atoms in total. The number of halogens is 3. The fraction of sp³-hybridized carbons (Fsp3) is 0.410. The van der Waals surface area contributed by atoms with Gasteiger partial charge in [0.15, 0.2) is 5.90 Å². The molecule has 21 heteroatoms. The molecule has 1 aromatic heterocycles. The molecule has 0 bridgehead atoms. The second-order valence-corrected chi connectivity index (χ2v) is 18.5. The van der Waals surface area contributed by atoms with E-state index in [0.717, 1.165) is 9.13 Å². The summed E-state index contributed by atoms with van der Waals surface area (Å²) in [6, 6.07) is 25.6. The number of unbranched alkanes of at least 4 members (excludes halogenated alkanes) is 2. The van der Waals surface area contributed by atoms with Gasteiger partial charge in [-0.3, -0.25) is 27.9 Å². The number of hydrogen-bond donors (Lipinski definition) is 1. The number of hydrogen-bond acceptors (Lipinski definition) is 11. The van der Waals surface area contributed by atoms with Gasteiger partial charge in [0.05, 0.1) is 38.6 Å². The molecule has 0 saturated carbocycles. The van der Waals surface area contributed by atoms with Gasteiger partial charge in [0.25, 0.3) is 5.56 Å². The van der Waals surface area contributed by atoms with E-state index < -0.39 is 69.4 Å². The second-order valence-electron chi connectivity index (χ2n) is 13.8. The highest BCUT2D eigenvalue weighted by molar-refractivity contribution is 7.71. The van der Waals surface area contributed by atoms with Crippen LogP contribution >= 0.6 is 15.2 Å².